The summed E-state index contributed by atoms with van der Waals surface area (Å²) in [7, 11) is -2.05. The van der Waals surface area contributed by atoms with E-state index in [9.17, 15) is 13.2 Å². The second-order valence-corrected chi connectivity index (χ2v) is 8.50. The highest BCUT2D eigenvalue weighted by atomic mass is 79.9. The van der Waals surface area contributed by atoms with Gasteiger partial charge in [-0.05, 0) is 55.8 Å². The van der Waals surface area contributed by atoms with Crippen LogP contribution in [0.3, 0.4) is 0 Å². The fourth-order valence-electron chi connectivity index (χ4n) is 2.38. The van der Waals surface area contributed by atoms with Gasteiger partial charge in [-0.25, -0.2) is 13.1 Å². The number of aryl methyl sites for hydroxylation is 1. The normalized spacial score (nSPS) is 12.6. The van der Waals surface area contributed by atoms with E-state index in [0.29, 0.717) is 12.8 Å². The molecule has 134 valence electrons. The molecule has 0 aliphatic heterocycles. The van der Waals surface area contributed by atoms with E-state index in [-0.39, 0.29) is 16.8 Å². The first kappa shape index (κ1) is 19.6. The van der Waals surface area contributed by atoms with Gasteiger partial charge >= 0.3 is 0 Å². The quantitative estimate of drug-likeness (QED) is 0.716. The maximum absolute atomic E-state index is 12.1. The maximum atomic E-state index is 12.1. The lowest BCUT2D eigenvalue weighted by Gasteiger charge is -2.14. The van der Waals surface area contributed by atoms with Crippen LogP contribution in [0, 0.1) is 0 Å². The lowest BCUT2D eigenvalue weighted by atomic mass is 10.1. The molecule has 2 aromatic carbocycles. The molecule has 2 aromatic rings. The van der Waals surface area contributed by atoms with Crippen LogP contribution >= 0.6 is 15.9 Å². The average Bonchev–Trinajstić information content (AvgIpc) is 2.60. The molecule has 1 amide bonds. The van der Waals surface area contributed by atoms with Gasteiger partial charge in [-0.2, -0.15) is 0 Å². The number of sulfonamides is 1. The van der Waals surface area contributed by atoms with Gasteiger partial charge in [-0.15, -0.1) is 0 Å². The highest BCUT2D eigenvalue weighted by Crippen LogP contribution is 2.18. The second kappa shape index (κ2) is 8.60. The van der Waals surface area contributed by atoms with Crippen molar-refractivity contribution in [1.29, 1.82) is 0 Å². The number of amides is 1. The van der Waals surface area contributed by atoms with Crippen molar-refractivity contribution in [2.45, 2.75) is 30.7 Å². The van der Waals surface area contributed by atoms with Gasteiger partial charge in [0, 0.05) is 10.9 Å². The molecule has 0 saturated heterocycles. The Hall–Kier alpha value is -1.70. The summed E-state index contributed by atoms with van der Waals surface area (Å²) in [5.74, 6) is -0.0422. The Balaban J connectivity index is 1.89. The van der Waals surface area contributed by atoms with Crippen molar-refractivity contribution in [2.24, 2.45) is 0 Å². The van der Waals surface area contributed by atoms with Gasteiger partial charge in [0.2, 0.25) is 15.9 Å². The average molecular weight is 425 g/mol. The summed E-state index contributed by atoms with van der Waals surface area (Å²) in [5.41, 5.74) is 1.95. The van der Waals surface area contributed by atoms with Gasteiger partial charge in [-0.1, -0.05) is 40.2 Å². The van der Waals surface area contributed by atoms with Crippen LogP contribution in [0.15, 0.2) is 57.9 Å². The number of carbonyl (C=O) groups is 1. The van der Waals surface area contributed by atoms with Gasteiger partial charge in [0.1, 0.15) is 0 Å². The number of hydrogen-bond acceptors (Lipinski definition) is 3. The van der Waals surface area contributed by atoms with Crippen molar-refractivity contribution in [3.63, 3.8) is 0 Å². The topological polar surface area (TPSA) is 75.3 Å². The van der Waals surface area contributed by atoms with Crippen LogP contribution in [0.4, 0.5) is 0 Å². The van der Waals surface area contributed by atoms with Gasteiger partial charge in [0.25, 0.3) is 0 Å². The Bertz CT molecular complexity index is 836. The van der Waals surface area contributed by atoms with Crippen molar-refractivity contribution in [3.8, 4) is 0 Å². The zero-order chi connectivity index (χ0) is 18.4. The minimum Gasteiger partial charge on any atom is -0.350 e. The third kappa shape index (κ3) is 5.66. The minimum absolute atomic E-state index is 0.0422. The number of rotatable bonds is 7. The summed E-state index contributed by atoms with van der Waals surface area (Å²) >= 11 is 3.42. The SMILES string of the molecule is CNS(=O)(=O)c1ccc(CCC(=O)N[C@H](C)c2cccc(Br)c2)cc1. The first-order chi connectivity index (χ1) is 11.8. The molecular formula is C18H21BrN2O3S. The third-order valence-corrected chi connectivity index (χ3v) is 5.79. The van der Waals surface area contributed by atoms with Gasteiger partial charge < -0.3 is 5.32 Å². The summed E-state index contributed by atoms with van der Waals surface area (Å²) in [6, 6.07) is 14.3. The molecule has 25 heavy (non-hydrogen) atoms. The lowest BCUT2D eigenvalue weighted by molar-refractivity contribution is -0.121. The molecule has 5 nitrogen and oxygen atoms in total. The maximum Gasteiger partial charge on any atom is 0.240 e. The summed E-state index contributed by atoms with van der Waals surface area (Å²) in [4.78, 5) is 12.3. The van der Waals surface area contributed by atoms with Crippen LogP contribution in [0.2, 0.25) is 0 Å². The monoisotopic (exact) mass is 424 g/mol. The molecule has 0 unspecified atom stereocenters. The lowest BCUT2D eigenvalue weighted by Crippen LogP contribution is -2.26. The van der Waals surface area contributed by atoms with Gasteiger partial charge in [0.15, 0.2) is 0 Å². The van der Waals surface area contributed by atoms with Crippen molar-refractivity contribution in [2.75, 3.05) is 7.05 Å². The Morgan fingerprint density at radius 3 is 2.44 bits per heavy atom. The summed E-state index contributed by atoms with van der Waals surface area (Å²) in [6.07, 6.45) is 0.896. The molecule has 0 heterocycles. The number of hydrogen-bond donors (Lipinski definition) is 2. The number of nitrogens with one attached hydrogen (secondary N) is 2. The van der Waals surface area contributed by atoms with E-state index in [4.69, 9.17) is 0 Å². The zero-order valence-electron chi connectivity index (χ0n) is 14.1. The van der Waals surface area contributed by atoms with E-state index in [1.54, 1.807) is 24.3 Å². The van der Waals surface area contributed by atoms with Crippen LogP contribution in [-0.4, -0.2) is 21.4 Å². The van der Waals surface area contributed by atoms with Crippen molar-refractivity contribution in [3.05, 3.63) is 64.1 Å². The molecule has 0 fully saturated rings. The van der Waals surface area contributed by atoms with Crippen molar-refractivity contribution >= 4 is 31.9 Å². The standard InChI is InChI=1S/C18H21BrN2O3S/c1-13(15-4-3-5-16(19)12-15)21-18(22)11-8-14-6-9-17(10-7-14)25(23,24)20-2/h3-7,9-10,12-13,20H,8,11H2,1-2H3,(H,21,22)/t13-/m1/s1. The van der Waals surface area contributed by atoms with Gasteiger partial charge in [-0.3, -0.25) is 4.79 Å². The minimum atomic E-state index is -3.43. The highest BCUT2D eigenvalue weighted by Gasteiger charge is 2.12. The van der Waals surface area contributed by atoms with E-state index in [1.165, 1.54) is 7.05 Å². The van der Waals surface area contributed by atoms with Crippen LogP contribution in [0.5, 0.6) is 0 Å². The summed E-state index contributed by atoms with van der Waals surface area (Å²) < 4.78 is 26.6. The molecule has 7 heteroatoms. The van der Waals surface area contributed by atoms with E-state index >= 15 is 0 Å². The van der Waals surface area contributed by atoms with Crippen LogP contribution in [0.25, 0.3) is 0 Å². The van der Waals surface area contributed by atoms with Crippen LogP contribution < -0.4 is 10.0 Å². The predicted molar refractivity (Wildman–Crippen MR) is 102 cm³/mol. The molecule has 2 rings (SSSR count). The third-order valence-electron chi connectivity index (χ3n) is 3.87. The van der Waals surface area contributed by atoms with Crippen molar-refractivity contribution < 1.29 is 13.2 Å². The van der Waals surface area contributed by atoms with Crippen molar-refractivity contribution in [1.82, 2.24) is 10.0 Å². The second-order valence-electron chi connectivity index (χ2n) is 5.70. The van der Waals surface area contributed by atoms with Crippen LogP contribution in [0.1, 0.15) is 30.5 Å². The molecule has 0 aromatic heterocycles. The molecule has 0 aliphatic carbocycles. The molecule has 1 atom stereocenters. The van der Waals surface area contributed by atoms with Gasteiger partial charge in [0.05, 0.1) is 10.9 Å². The number of benzene rings is 2. The van der Waals surface area contributed by atoms with Crippen LogP contribution in [-0.2, 0) is 21.2 Å². The Labute approximate surface area is 157 Å². The molecular weight excluding hydrogens is 404 g/mol. The van der Waals surface area contributed by atoms with E-state index in [1.807, 2.05) is 31.2 Å². The largest absolute Gasteiger partial charge is 0.350 e. The number of halogens is 1. The first-order valence-electron chi connectivity index (χ1n) is 7.89. The molecule has 2 N–H and O–H groups in total. The predicted octanol–water partition coefficient (Wildman–Crippen LogP) is 3.17. The Kier molecular flexibility index (Phi) is 6.75. The first-order valence-corrected chi connectivity index (χ1v) is 10.2. The number of carbonyl (C=O) groups excluding carboxylic acids is 1. The van der Waals surface area contributed by atoms with E-state index < -0.39 is 10.0 Å². The molecule has 0 aliphatic rings. The molecule has 0 spiro atoms. The van der Waals surface area contributed by atoms with E-state index in [0.717, 1.165) is 15.6 Å². The molecule has 0 radical (unpaired) electrons. The highest BCUT2D eigenvalue weighted by molar-refractivity contribution is 9.10. The smallest absolute Gasteiger partial charge is 0.240 e. The fraction of sp³-hybridized carbons (Fsp3) is 0.278. The zero-order valence-corrected chi connectivity index (χ0v) is 16.5. The fourth-order valence-corrected chi connectivity index (χ4v) is 3.53. The molecule has 0 bridgehead atoms. The Morgan fingerprint density at radius 1 is 1.16 bits per heavy atom. The Morgan fingerprint density at radius 2 is 1.84 bits per heavy atom. The van der Waals surface area contributed by atoms with E-state index in [2.05, 4.69) is 26.0 Å². The molecule has 0 saturated carbocycles. The summed E-state index contributed by atoms with van der Waals surface area (Å²) in [6.45, 7) is 1.94. The summed E-state index contributed by atoms with van der Waals surface area (Å²) in [5, 5.41) is 2.97.